The Morgan fingerprint density at radius 2 is 1.09 bits per heavy atom. The lowest BCUT2D eigenvalue weighted by Crippen LogP contribution is -2.33. The first kappa shape index (κ1) is 49.8. The molecular weight excluding hydrogens is 889 g/mol. The van der Waals surface area contributed by atoms with Crippen LogP contribution in [0.5, 0.6) is 0 Å². The molecule has 0 aliphatic heterocycles. The highest BCUT2D eigenvalue weighted by Gasteiger charge is 2.39. The van der Waals surface area contributed by atoms with Gasteiger partial charge >= 0.3 is 0 Å². The van der Waals surface area contributed by atoms with Gasteiger partial charge < -0.3 is 0 Å². The maximum Gasteiger partial charge on any atom is 0.269 e. The van der Waals surface area contributed by atoms with Crippen molar-refractivity contribution in [2.45, 2.75) is 104 Å². The lowest BCUT2D eigenvalue weighted by atomic mass is 9.61. The zero-order valence-corrected chi connectivity index (χ0v) is 40.6. The third kappa shape index (κ3) is 8.77. The smallest absolute Gasteiger partial charge is 0.269 e. The summed E-state index contributed by atoms with van der Waals surface area (Å²) in [6.07, 6.45) is 22.5. The van der Waals surface area contributed by atoms with E-state index in [1.54, 1.807) is 88.7 Å². The molecule has 2 aliphatic carbocycles. The molecule has 68 heavy (non-hydrogen) atoms. The fourth-order valence-corrected chi connectivity index (χ4v) is 12.7. The summed E-state index contributed by atoms with van der Waals surface area (Å²) in [5, 5.41) is 10.3. The second-order valence-corrected chi connectivity index (χ2v) is 23.0. The van der Waals surface area contributed by atoms with Crippen molar-refractivity contribution >= 4 is 47.7 Å². The van der Waals surface area contributed by atoms with Crippen molar-refractivity contribution in [3.8, 4) is 22.3 Å². The molecule has 6 aromatic heterocycles. The number of fused-ring (bicyclic) bond motifs is 2. The van der Waals surface area contributed by atoms with E-state index in [2.05, 4.69) is 69.9 Å². The summed E-state index contributed by atoms with van der Waals surface area (Å²) in [6.45, 7) is 13.9. The van der Waals surface area contributed by atoms with Crippen LogP contribution in [-0.2, 0) is 34.1 Å². The van der Waals surface area contributed by atoms with Crippen molar-refractivity contribution in [1.82, 2.24) is 37.5 Å². The minimum absolute atomic E-state index is 0. The van der Waals surface area contributed by atoms with Crippen LogP contribution in [0.2, 0.25) is 0 Å². The van der Waals surface area contributed by atoms with E-state index in [1.807, 2.05) is 44.9 Å². The van der Waals surface area contributed by atoms with Gasteiger partial charge in [-0.25, -0.2) is 34.7 Å². The van der Waals surface area contributed by atoms with Gasteiger partial charge in [0.2, 0.25) is 0 Å². The summed E-state index contributed by atoms with van der Waals surface area (Å²) in [5.74, 6) is 1.55. The zero-order chi connectivity index (χ0) is 46.8. The van der Waals surface area contributed by atoms with E-state index < -0.39 is 20.0 Å². The molecule has 1 fully saturated rings. The molecule has 12 nitrogen and oxygen atoms in total. The van der Waals surface area contributed by atoms with Crippen molar-refractivity contribution in [2.75, 3.05) is 0 Å². The number of nitrogens with zero attached hydrogens (tertiary/aromatic N) is 8. The average Bonchev–Trinajstić information content (AvgIpc) is 4.11. The van der Waals surface area contributed by atoms with Gasteiger partial charge in [-0.15, -0.1) is 0 Å². The van der Waals surface area contributed by atoms with Crippen LogP contribution in [0.3, 0.4) is 0 Å². The monoisotopic (exact) mass is 954 g/mol. The first-order valence-corrected chi connectivity index (χ1v) is 25.6. The number of pyridine rings is 2. The Balaban J connectivity index is 0.000000196. The standard InChI is InChI=1S/C26H30N4O2S.C26H28N4O2S.2CH4/c2*1-18-9-8-12-24(26(18,2)3)19-13-22-23(20-15-28-29(4)16-20)17-30(25(22)27-14-19)33(31,32)21-10-6-5-7-11-21;;/h5-7,10-11,13-18,24H,8-9,12H2,1-4H3;5-7,10-18H,8-9H2,1-4H3;2*1H4. The van der Waals surface area contributed by atoms with E-state index in [4.69, 9.17) is 9.97 Å². The van der Waals surface area contributed by atoms with Gasteiger partial charge in [-0.1, -0.05) is 112 Å². The molecule has 0 saturated heterocycles. The van der Waals surface area contributed by atoms with Crippen LogP contribution < -0.4 is 0 Å². The summed E-state index contributed by atoms with van der Waals surface area (Å²) in [6, 6.07) is 21.2. The molecule has 6 heterocycles. The topological polar surface area (TPSA) is 140 Å². The molecule has 3 unspecified atom stereocenters. The number of allylic oxidation sites excluding steroid dienone is 2. The van der Waals surface area contributed by atoms with Crippen LogP contribution in [0.4, 0.5) is 0 Å². The Kier molecular flexibility index (Phi) is 13.7. The zero-order valence-electron chi connectivity index (χ0n) is 38.9. The maximum absolute atomic E-state index is 13.5. The first-order chi connectivity index (χ1) is 31.4. The van der Waals surface area contributed by atoms with E-state index >= 15 is 0 Å². The lowest BCUT2D eigenvalue weighted by Gasteiger charge is -2.44. The fourth-order valence-electron chi connectivity index (χ4n) is 10.0. The normalized spacial score (nSPS) is 19.1. The summed E-state index contributed by atoms with van der Waals surface area (Å²) in [5.41, 5.74) is 7.88. The van der Waals surface area contributed by atoms with Gasteiger partial charge in [-0.2, -0.15) is 10.2 Å². The number of benzene rings is 2. The van der Waals surface area contributed by atoms with E-state index in [9.17, 15) is 16.8 Å². The Morgan fingerprint density at radius 3 is 1.59 bits per heavy atom. The summed E-state index contributed by atoms with van der Waals surface area (Å²) in [7, 11) is -3.88. The highest BCUT2D eigenvalue weighted by atomic mass is 32.2. The largest absolute Gasteiger partial charge is 0.275 e. The van der Waals surface area contributed by atoms with Crippen LogP contribution in [0.25, 0.3) is 49.9 Å². The third-order valence-electron chi connectivity index (χ3n) is 14.8. The van der Waals surface area contributed by atoms with Crippen LogP contribution in [-0.4, -0.2) is 54.3 Å². The Morgan fingerprint density at radius 1 is 0.588 bits per heavy atom. The van der Waals surface area contributed by atoms with E-state index in [0.29, 0.717) is 29.0 Å². The van der Waals surface area contributed by atoms with Gasteiger partial charge in [0, 0.05) is 84.3 Å². The molecule has 3 atom stereocenters. The molecule has 0 spiro atoms. The minimum Gasteiger partial charge on any atom is -0.275 e. The molecule has 0 N–H and O–H groups in total. The molecule has 0 radical (unpaired) electrons. The van der Waals surface area contributed by atoms with E-state index in [-0.39, 0.29) is 35.5 Å². The highest BCUT2D eigenvalue weighted by Crippen LogP contribution is 2.51. The Labute approximate surface area is 402 Å². The van der Waals surface area contributed by atoms with Gasteiger partial charge in [0.15, 0.2) is 11.3 Å². The third-order valence-corrected chi connectivity index (χ3v) is 18.1. The van der Waals surface area contributed by atoms with Crippen molar-refractivity contribution in [3.05, 3.63) is 140 Å². The predicted octanol–water partition coefficient (Wildman–Crippen LogP) is 12.4. The molecule has 8 aromatic rings. The quantitative estimate of drug-likeness (QED) is 0.147. The van der Waals surface area contributed by atoms with E-state index in [1.165, 1.54) is 38.3 Å². The van der Waals surface area contributed by atoms with Gasteiger partial charge in [0.1, 0.15) is 0 Å². The van der Waals surface area contributed by atoms with Gasteiger partial charge in [-0.05, 0) is 101 Å². The van der Waals surface area contributed by atoms with E-state index in [0.717, 1.165) is 51.4 Å². The summed E-state index contributed by atoms with van der Waals surface area (Å²) >= 11 is 0. The molecule has 2 aliphatic rings. The minimum atomic E-state index is -3.80. The van der Waals surface area contributed by atoms with Crippen LogP contribution in [0.15, 0.2) is 138 Å². The Bertz CT molecular complexity index is 3340. The molecule has 0 amide bonds. The highest BCUT2D eigenvalue weighted by molar-refractivity contribution is 7.90. The van der Waals surface area contributed by atoms with Crippen LogP contribution >= 0.6 is 0 Å². The predicted molar refractivity (Wildman–Crippen MR) is 275 cm³/mol. The van der Waals surface area contributed by atoms with Gasteiger partial charge in [0.05, 0.1) is 22.2 Å². The molecule has 10 rings (SSSR count). The summed E-state index contributed by atoms with van der Waals surface area (Å²) in [4.78, 5) is 9.93. The number of aryl methyl sites for hydroxylation is 2. The Hall–Kier alpha value is -6.12. The van der Waals surface area contributed by atoms with Crippen LogP contribution in [0, 0.1) is 22.7 Å². The molecule has 2 aromatic carbocycles. The van der Waals surface area contributed by atoms with Gasteiger partial charge in [-0.3, -0.25) is 9.36 Å². The van der Waals surface area contributed by atoms with Crippen LogP contribution in [0.1, 0.15) is 106 Å². The lowest BCUT2D eigenvalue weighted by molar-refractivity contribution is 0.120. The number of aromatic nitrogens is 8. The van der Waals surface area contributed by atoms with Crippen molar-refractivity contribution < 1.29 is 16.8 Å². The second kappa shape index (κ2) is 18.8. The number of rotatable bonds is 8. The number of hydrogen-bond donors (Lipinski definition) is 0. The van der Waals surface area contributed by atoms with Crippen molar-refractivity contribution in [1.29, 1.82) is 0 Å². The first-order valence-electron chi connectivity index (χ1n) is 22.7. The molecule has 14 heteroatoms. The van der Waals surface area contributed by atoms with Crippen molar-refractivity contribution in [3.63, 3.8) is 0 Å². The maximum atomic E-state index is 13.5. The molecule has 0 bridgehead atoms. The molecule has 1 saturated carbocycles. The second-order valence-electron chi connectivity index (χ2n) is 19.4. The summed E-state index contributed by atoms with van der Waals surface area (Å²) < 4.78 is 60.2. The molecule has 358 valence electrons. The van der Waals surface area contributed by atoms with Crippen molar-refractivity contribution in [2.24, 2.45) is 36.8 Å². The molecular formula is C54H66N8O4S2. The average molecular weight is 955 g/mol. The fraction of sp³-hybridized carbons (Fsp3) is 0.370. The SMILES string of the molecule is C.C.CC1CCC=C(c2cnc3c(c2)c(-c2cnn(C)c2)cn3S(=O)(=O)c2ccccc2)C1(C)C.CC1CCCC(c2cnc3c(c2)c(-c2cnn(C)c2)cn3S(=O)(=O)c2ccccc2)C1(C)C. The number of hydrogen-bond acceptors (Lipinski definition) is 8. The van der Waals surface area contributed by atoms with Gasteiger partial charge in [0.25, 0.3) is 20.0 Å².